The molecule has 0 bridgehead atoms. The largest absolute Gasteiger partial charge is 0.477 e. The van der Waals surface area contributed by atoms with E-state index in [1.807, 2.05) is 72.3 Å². The molecule has 8 aliphatic heterocycles. The number of likely N-dealkylation sites (tertiary alicyclic amines) is 2. The summed E-state index contributed by atoms with van der Waals surface area (Å²) in [6.45, 7) is 58.3. The predicted molar refractivity (Wildman–Crippen MR) is 431 cm³/mol. The number of ether oxygens (including phenoxy) is 8. The molecular weight excluding hydrogens is 1380 g/mol. The van der Waals surface area contributed by atoms with Crippen LogP contribution < -0.4 is 50.5 Å². The van der Waals surface area contributed by atoms with Gasteiger partial charge in [-0.2, -0.15) is 30.6 Å². The fraction of sp³-hybridized carbons (Fsp3) is 0.780. The number of nitrogens with zero attached hydrogens (tertiary/aromatic N) is 15. The molecule has 2 fully saturated rings. The quantitative estimate of drug-likeness (QED) is 0.0583. The number of hydrogen-bond acceptors (Lipinski definition) is 21. The van der Waals surface area contributed by atoms with Gasteiger partial charge in [-0.15, -0.1) is 0 Å². The second-order valence-corrected chi connectivity index (χ2v) is 37.8. The number of aromatic nitrogens is 12. The van der Waals surface area contributed by atoms with Crippen LogP contribution in [0.25, 0.3) is 0 Å². The average Bonchev–Trinajstić information content (AvgIpc) is 1.74. The predicted octanol–water partition coefficient (Wildman–Crippen LogP) is 9.68. The summed E-state index contributed by atoms with van der Waals surface area (Å²) < 4.78 is 58.0. The summed E-state index contributed by atoms with van der Waals surface area (Å²) in [5, 5.41) is 33.4. The highest BCUT2D eigenvalue weighted by Gasteiger charge is 2.40. The maximum Gasteiger partial charge on any atom is 0.215 e. The maximum atomic E-state index is 5.98. The number of nitrogens with two attached hydrogens (primary N) is 2. The Balaban J connectivity index is 0.000000151. The number of nitrogens with one attached hydrogen (secondary N) is 2. The number of rotatable bonds is 18. The topological polar surface area (TPSA) is 267 Å². The van der Waals surface area contributed by atoms with Crippen molar-refractivity contribution >= 4 is 0 Å². The normalized spacial score (nSPS) is 21.4. The summed E-state index contributed by atoms with van der Waals surface area (Å²) in [5.74, 6) is 7.49. The number of hydrogen-bond donors (Lipinski definition) is 4. The van der Waals surface area contributed by atoms with Gasteiger partial charge < -0.3 is 64.9 Å². The van der Waals surface area contributed by atoms with Crippen molar-refractivity contribution in [1.82, 2.24) is 84.0 Å². The first-order valence-corrected chi connectivity index (χ1v) is 40.5. The minimum atomic E-state index is 0.0733. The van der Waals surface area contributed by atoms with Crippen LogP contribution in [-0.2, 0) is 81.2 Å². The lowest BCUT2D eigenvalue weighted by molar-refractivity contribution is -0.0685. The molecule has 614 valence electrons. The lowest BCUT2D eigenvalue weighted by atomic mass is 9.89. The summed E-state index contributed by atoms with van der Waals surface area (Å²) in [4.78, 5) is 7.03. The molecule has 27 heteroatoms. The number of methoxy groups -OCH3 is 2. The Morgan fingerprint density at radius 3 is 1.06 bits per heavy atom. The van der Waals surface area contributed by atoms with E-state index in [0.29, 0.717) is 54.6 Å². The van der Waals surface area contributed by atoms with Crippen LogP contribution in [0.2, 0.25) is 0 Å². The molecule has 6 N–H and O–H groups in total. The average molecular weight is 1520 g/mol. The van der Waals surface area contributed by atoms with Crippen molar-refractivity contribution in [1.29, 1.82) is 0 Å². The Morgan fingerprint density at radius 2 is 0.743 bits per heavy atom. The zero-order chi connectivity index (χ0) is 79.4. The second kappa shape index (κ2) is 37.6. The summed E-state index contributed by atoms with van der Waals surface area (Å²) in [6.07, 6.45) is 19.1. The van der Waals surface area contributed by atoms with Gasteiger partial charge in [-0.1, -0.05) is 125 Å². The highest BCUT2D eigenvalue weighted by Crippen LogP contribution is 2.40. The SMILES string of the molecule is CC(C)(C)c1cnn2c1OCC(CCCN)C2.CC(C)(C)c1cnn2c1OCC(N1CC(N)C1)C2.CN(C)CCCC1COc2c(C(C)(C)C)cnn2C1.CNCCCC1COc2c(C(C)(C)C)cnn2C1.COC1CN(C2COc3c(C(C)(C)C)cnn3C2)C1.COCCNC1COc2c(C(C)(C)C)cnn2C1. The van der Waals surface area contributed by atoms with E-state index in [-0.39, 0.29) is 32.5 Å². The molecule has 0 aromatic carbocycles. The molecule has 0 amide bonds. The zero-order valence-electron chi connectivity index (χ0n) is 71.3. The fourth-order valence-corrected chi connectivity index (χ4v) is 14.7. The van der Waals surface area contributed by atoms with E-state index in [4.69, 9.17) is 49.4 Å². The van der Waals surface area contributed by atoms with E-state index in [1.165, 1.54) is 59.1 Å². The summed E-state index contributed by atoms with van der Waals surface area (Å²) in [7, 11) is 9.73. The van der Waals surface area contributed by atoms with E-state index in [2.05, 4.69) is 195 Å². The molecule has 14 rings (SSSR count). The highest BCUT2D eigenvalue weighted by atomic mass is 16.5. The first-order valence-electron chi connectivity index (χ1n) is 40.5. The van der Waals surface area contributed by atoms with E-state index in [9.17, 15) is 0 Å². The van der Waals surface area contributed by atoms with Crippen LogP contribution in [0.1, 0.15) is 197 Å². The minimum Gasteiger partial charge on any atom is -0.477 e. The van der Waals surface area contributed by atoms with E-state index < -0.39 is 0 Å². The Labute approximate surface area is 653 Å². The van der Waals surface area contributed by atoms with Crippen molar-refractivity contribution in [3.8, 4) is 35.3 Å². The minimum absolute atomic E-state index is 0.0733. The molecule has 14 heterocycles. The molecule has 0 spiro atoms. The Bertz CT molecular complexity index is 3640. The molecule has 0 aliphatic carbocycles. The van der Waals surface area contributed by atoms with Gasteiger partial charge in [0, 0.05) is 104 Å². The molecule has 0 radical (unpaired) electrons. The molecule has 27 nitrogen and oxygen atoms in total. The number of fused-ring (bicyclic) bond motifs is 6. The third-order valence-corrected chi connectivity index (χ3v) is 21.7. The zero-order valence-corrected chi connectivity index (χ0v) is 71.3. The van der Waals surface area contributed by atoms with Crippen LogP contribution in [0.4, 0.5) is 0 Å². The Morgan fingerprint density at radius 1 is 0.422 bits per heavy atom. The van der Waals surface area contributed by atoms with Gasteiger partial charge in [0.1, 0.15) is 19.8 Å². The van der Waals surface area contributed by atoms with Gasteiger partial charge in [-0.3, -0.25) is 9.80 Å². The van der Waals surface area contributed by atoms with Crippen molar-refractivity contribution in [3.63, 3.8) is 0 Å². The van der Waals surface area contributed by atoms with Crippen molar-refractivity contribution in [2.75, 3.05) is 134 Å². The fourth-order valence-electron chi connectivity index (χ4n) is 14.7. The molecule has 109 heavy (non-hydrogen) atoms. The Kier molecular flexibility index (Phi) is 29.9. The molecule has 6 aromatic heterocycles. The molecular formula is C82H143N19O8. The van der Waals surface area contributed by atoms with Crippen LogP contribution in [0.15, 0.2) is 37.2 Å². The first kappa shape index (κ1) is 86.7. The van der Waals surface area contributed by atoms with Gasteiger partial charge in [0.15, 0.2) is 0 Å². The highest BCUT2D eigenvalue weighted by molar-refractivity contribution is 5.36. The van der Waals surface area contributed by atoms with Gasteiger partial charge in [0.05, 0.1) is 127 Å². The van der Waals surface area contributed by atoms with Crippen LogP contribution in [0.3, 0.4) is 0 Å². The van der Waals surface area contributed by atoms with Gasteiger partial charge in [-0.05, 0) is 112 Å². The lowest BCUT2D eigenvalue weighted by Gasteiger charge is -2.44. The first-order chi connectivity index (χ1) is 51.4. The van der Waals surface area contributed by atoms with Crippen molar-refractivity contribution in [3.05, 3.63) is 70.6 Å². The monoisotopic (exact) mass is 1520 g/mol. The molecule has 6 aromatic rings. The van der Waals surface area contributed by atoms with Crippen molar-refractivity contribution in [2.45, 2.75) is 265 Å². The second-order valence-electron chi connectivity index (χ2n) is 37.8. The Hall–Kier alpha value is -6.30. The lowest BCUT2D eigenvalue weighted by Crippen LogP contribution is -2.62. The smallest absolute Gasteiger partial charge is 0.215 e. The van der Waals surface area contributed by atoms with Crippen molar-refractivity contribution < 1.29 is 37.9 Å². The molecule has 0 saturated carbocycles. The van der Waals surface area contributed by atoms with Gasteiger partial charge in [0.2, 0.25) is 35.3 Å². The summed E-state index contributed by atoms with van der Waals surface area (Å²) in [6, 6.07) is 1.49. The maximum absolute atomic E-state index is 5.98. The van der Waals surface area contributed by atoms with Crippen LogP contribution in [0, 0.1) is 17.8 Å². The third kappa shape index (κ3) is 23.4. The molecule has 2 saturated heterocycles. The van der Waals surface area contributed by atoms with Crippen LogP contribution in [-0.4, -0.2) is 238 Å². The van der Waals surface area contributed by atoms with E-state index >= 15 is 0 Å². The van der Waals surface area contributed by atoms with E-state index in [0.717, 1.165) is 179 Å². The van der Waals surface area contributed by atoms with Gasteiger partial charge in [0.25, 0.3) is 0 Å². The molecule has 8 aliphatic rings. The van der Waals surface area contributed by atoms with Crippen LogP contribution in [0.5, 0.6) is 35.3 Å². The van der Waals surface area contributed by atoms with E-state index in [1.54, 1.807) is 14.2 Å². The van der Waals surface area contributed by atoms with Crippen molar-refractivity contribution in [2.24, 2.45) is 29.2 Å². The van der Waals surface area contributed by atoms with Crippen LogP contribution >= 0.6 is 0 Å². The summed E-state index contributed by atoms with van der Waals surface area (Å²) >= 11 is 0. The summed E-state index contributed by atoms with van der Waals surface area (Å²) in [5.41, 5.74) is 19.1. The third-order valence-electron chi connectivity index (χ3n) is 21.7. The molecule has 6 unspecified atom stereocenters. The molecule has 6 atom stereocenters. The van der Waals surface area contributed by atoms with Gasteiger partial charge >= 0.3 is 0 Å². The standard InChI is InChI=1S/C15H27N3O.C14H23N3O2.C14H25N3O.C13H22N4O.C13H23N3O2.C13H23N3O/c1-15(2,3)13-9-16-18-10-12(11-19-14(13)18)7-6-8-17(4)5;1-14(2,3)12-5-15-17-6-10(9-19-13(12)17)16-7-11(8-16)18-4;1-14(2,3)12-8-16-17-9-11(6-5-7-15-4)10-18-13(12)17;1-13(2,3)11-4-15-17-7-10(8-18-12(11)17)16-5-9(14)6-16;1-13(2,3)11-7-15-16-8-10(9-18-12(11)16)14-5-6-17-4;1-13(2,3)11-7-15-16-8-10(5-4-6-14)9-17-12(11)16/h9,12H,6-8,10-11H2,1-5H3;5,10-11H,6-9H2,1-4H3;8,11,15H,5-7,9-10H2,1-4H3;4,9-10H,5-8,14H2,1-3H3;7,10,14H,5-6,8-9H2,1-4H3;7,10H,4-6,8-9,14H2,1-3H3. The van der Waals surface area contributed by atoms with Gasteiger partial charge in [-0.25, -0.2) is 28.1 Å².